The molecule has 0 unspecified atom stereocenters. The molecule has 0 aromatic carbocycles. The Bertz CT molecular complexity index is 438. The van der Waals surface area contributed by atoms with Gasteiger partial charge in [0.15, 0.2) is 5.96 Å². The lowest BCUT2D eigenvalue weighted by molar-refractivity contribution is 0.365. The molecule has 1 heterocycles. The maximum absolute atomic E-state index is 4.43. The van der Waals surface area contributed by atoms with Gasteiger partial charge in [0.2, 0.25) is 0 Å². The van der Waals surface area contributed by atoms with Gasteiger partial charge in [-0.3, -0.25) is 4.99 Å². The number of rotatable bonds is 7. The summed E-state index contributed by atoms with van der Waals surface area (Å²) in [5, 5.41) is 7.91. The first-order valence-corrected chi connectivity index (χ1v) is 8.64. The summed E-state index contributed by atoms with van der Waals surface area (Å²) in [6.07, 6.45) is 6.39. The summed E-state index contributed by atoms with van der Waals surface area (Å²) in [5.74, 6) is 0.885. The first-order valence-electron chi connectivity index (χ1n) is 7.82. The van der Waals surface area contributed by atoms with Crippen LogP contribution in [0.25, 0.3) is 0 Å². The fourth-order valence-electron chi connectivity index (χ4n) is 1.96. The van der Waals surface area contributed by atoms with Crippen LogP contribution in [0.5, 0.6) is 0 Å². The Balaban J connectivity index is 0.00000441. The molecule has 1 rings (SSSR count). The van der Waals surface area contributed by atoms with E-state index in [2.05, 4.69) is 48.3 Å². The molecule has 4 nitrogen and oxygen atoms in total. The molecule has 22 heavy (non-hydrogen) atoms. The predicted octanol–water partition coefficient (Wildman–Crippen LogP) is 3.86. The highest BCUT2D eigenvalue weighted by Crippen LogP contribution is 2.19. The zero-order valence-corrected chi connectivity index (χ0v) is 17.7. The monoisotopic (exact) mass is 438 g/mol. The molecule has 0 saturated carbocycles. The molecule has 0 fully saturated rings. The van der Waals surface area contributed by atoms with Crippen molar-refractivity contribution in [3.8, 4) is 0 Å². The third-order valence-electron chi connectivity index (χ3n) is 3.20. The van der Waals surface area contributed by atoms with Crippen molar-refractivity contribution in [2.24, 2.45) is 10.4 Å². The SMILES string of the molecule is CCc1cnc(CCNC(=NC)NCCCC(C)(C)C)s1.I. The topological polar surface area (TPSA) is 49.3 Å². The number of aliphatic imine (C=N–C) groups is 1. The fourth-order valence-corrected chi connectivity index (χ4v) is 2.82. The molecule has 0 aliphatic carbocycles. The van der Waals surface area contributed by atoms with Crippen LogP contribution in [-0.4, -0.2) is 31.1 Å². The summed E-state index contributed by atoms with van der Waals surface area (Å²) in [5.41, 5.74) is 0.403. The Kier molecular flexibility index (Phi) is 11.0. The van der Waals surface area contributed by atoms with Gasteiger partial charge in [-0.15, -0.1) is 35.3 Å². The van der Waals surface area contributed by atoms with Crippen molar-refractivity contribution < 1.29 is 0 Å². The number of hydrogen-bond acceptors (Lipinski definition) is 3. The standard InChI is InChI=1S/C16H30N4S.HI/c1-6-13-12-20-14(21-13)8-11-19-15(17-5)18-10-7-9-16(2,3)4;/h12H,6-11H2,1-5H3,(H2,17,18,19);1H. The average Bonchev–Trinajstić information content (AvgIpc) is 2.88. The van der Waals surface area contributed by atoms with Crippen molar-refractivity contribution in [1.29, 1.82) is 0 Å². The lowest BCUT2D eigenvalue weighted by Gasteiger charge is -2.18. The molecule has 0 spiro atoms. The van der Waals surface area contributed by atoms with E-state index in [-0.39, 0.29) is 24.0 Å². The Morgan fingerprint density at radius 2 is 1.95 bits per heavy atom. The molecule has 6 heteroatoms. The van der Waals surface area contributed by atoms with Crippen molar-refractivity contribution in [3.05, 3.63) is 16.1 Å². The predicted molar refractivity (Wildman–Crippen MR) is 109 cm³/mol. The smallest absolute Gasteiger partial charge is 0.190 e. The average molecular weight is 438 g/mol. The number of halogens is 1. The quantitative estimate of drug-likeness (QED) is 0.294. The fraction of sp³-hybridized carbons (Fsp3) is 0.750. The molecular formula is C16H31IN4S. The Hall–Kier alpha value is -0.370. The minimum Gasteiger partial charge on any atom is -0.356 e. The highest BCUT2D eigenvalue weighted by Gasteiger charge is 2.09. The van der Waals surface area contributed by atoms with Crippen LogP contribution in [0.4, 0.5) is 0 Å². The van der Waals surface area contributed by atoms with Gasteiger partial charge in [-0.05, 0) is 24.7 Å². The van der Waals surface area contributed by atoms with E-state index in [9.17, 15) is 0 Å². The number of nitrogens with one attached hydrogen (secondary N) is 2. The van der Waals surface area contributed by atoms with Crippen LogP contribution in [-0.2, 0) is 12.8 Å². The molecule has 0 aliphatic rings. The number of guanidine groups is 1. The largest absolute Gasteiger partial charge is 0.356 e. The van der Waals surface area contributed by atoms with Gasteiger partial charge >= 0.3 is 0 Å². The zero-order valence-electron chi connectivity index (χ0n) is 14.5. The molecule has 0 bridgehead atoms. The van der Waals surface area contributed by atoms with Crippen LogP contribution in [0.2, 0.25) is 0 Å². The summed E-state index contributed by atoms with van der Waals surface area (Å²) in [7, 11) is 1.82. The van der Waals surface area contributed by atoms with Crippen molar-refractivity contribution in [3.63, 3.8) is 0 Å². The molecule has 0 aliphatic heterocycles. The summed E-state index contributed by atoms with van der Waals surface area (Å²) in [4.78, 5) is 10.0. The van der Waals surface area contributed by atoms with E-state index in [0.29, 0.717) is 5.41 Å². The lowest BCUT2D eigenvalue weighted by Crippen LogP contribution is -2.38. The highest BCUT2D eigenvalue weighted by molar-refractivity contribution is 14.0. The summed E-state index contributed by atoms with van der Waals surface area (Å²) in [6.45, 7) is 10.8. The van der Waals surface area contributed by atoms with Gasteiger partial charge in [-0.1, -0.05) is 27.7 Å². The van der Waals surface area contributed by atoms with Gasteiger partial charge in [-0.2, -0.15) is 0 Å². The third-order valence-corrected chi connectivity index (χ3v) is 4.40. The molecular weight excluding hydrogens is 407 g/mol. The number of hydrogen-bond donors (Lipinski definition) is 2. The number of nitrogens with zero attached hydrogens (tertiary/aromatic N) is 2. The maximum atomic E-state index is 4.43. The second kappa shape index (κ2) is 11.2. The van der Waals surface area contributed by atoms with Gasteiger partial charge in [0.25, 0.3) is 0 Å². The van der Waals surface area contributed by atoms with Gasteiger partial charge in [0.1, 0.15) is 0 Å². The number of thiazole rings is 1. The van der Waals surface area contributed by atoms with Crippen LogP contribution >= 0.6 is 35.3 Å². The van der Waals surface area contributed by atoms with Gasteiger partial charge in [-0.25, -0.2) is 4.98 Å². The van der Waals surface area contributed by atoms with E-state index in [0.717, 1.165) is 38.3 Å². The van der Waals surface area contributed by atoms with Crippen molar-refractivity contribution >= 4 is 41.3 Å². The minimum atomic E-state index is 0. The minimum absolute atomic E-state index is 0. The first-order chi connectivity index (χ1) is 9.94. The van der Waals surface area contributed by atoms with Gasteiger partial charge < -0.3 is 10.6 Å². The van der Waals surface area contributed by atoms with Crippen molar-refractivity contribution in [2.75, 3.05) is 20.1 Å². The number of aryl methyl sites for hydroxylation is 1. The van der Waals surface area contributed by atoms with E-state index in [1.54, 1.807) is 11.3 Å². The van der Waals surface area contributed by atoms with E-state index in [1.807, 2.05) is 13.2 Å². The highest BCUT2D eigenvalue weighted by atomic mass is 127. The van der Waals surface area contributed by atoms with Crippen molar-refractivity contribution in [1.82, 2.24) is 15.6 Å². The summed E-state index contributed by atoms with van der Waals surface area (Å²) >= 11 is 1.80. The second-order valence-corrected chi connectivity index (χ2v) is 7.61. The van der Waals surface area contributed by atoms with E-state index in [4.69, 9.17) is 0 Å². The summed E-state index contributed by atoms with van der Waals surface area (Å²) < 4.78 is 0. The Morgan fingerprint density at radius 1 is 1.27 bits per heavy atom. The molecule has 0 saturated heterocycles. The normalized spacial score (nSPS) is 12.0. The maximum Gasteiger partial charge on any atom is 0.190 e. The lowest BCUT2D eigenvalue weighted by atomic mass is 9.91. The second-order valence-electron chi connectivity index (χ2n) is 6.41. The van der Waals surface area contributed by atoms with Crippen LogP contribution in [0, 0.1) is 5.41 Å². The number of aromatic nitrogens is 1. The van der Waals surface area contributed by atoms with E-state index < -0.39 is 0 Å². The molecule has 1 aromatic heterocycles. The molecule has 128 valence electrons. The first kappa shape index (κ1) is 21.6. The Labute approximate surface area is 156 Å². The zero-order chi connectivity index (χ0) is 15.7. The third kappa shape index (κ3) is 9.61. The molecule has 1 aromatic rings. The van der Waals surface area contributed by atoms with Gasteiger partial charge in [0.05, 0.1) is 5.01 Å². The Morgan fingerprint density at radius 3 is 2.50 bits per heavy atom. The van der Waals surface area contributed by atoms with Crippen molar-refractivity contribution in [2.45, 2.75) is 53.4 Å². The van der Waals surface area contributed by atoms with Gasteiger partial charge in [0, 0.05) is 37.6 Å². The molecule has 0 atom stereocenters. The molecule has 2 N–H and O–H groups in total. The molecule has 0 amide bonds. The van der Waals surface area contributed by atoms with E-state index in [1.165, 1.54) is 16.3 Å². The van der Waals surface area contributed by atoms with Crippen LogP contribution in [0.1, 0.15) is 50.4 Å². The van der Waals surface area contributed by atoms with Crippen LogP contribution in [0.15, 0.2) is 11.2 Å². The summed E-state index contributed by atoms with van der Waals surface area (Å²) in [6, 6.07) is 0. The van der Waals surface area contributed by atoms with Crippen LogP contribution < -0.4 is 10.6 Å². The van der Waals surface area contributed by atoms with Crippen LogP contribution in [0.3, 0.4) is 0 Å². The van der Waals surface area contributed by atoms with E-state index >= 15 is 0 Å². The molecule has 0 radical (unpaired) electrons.